The van der Waals surface area contributed by atoms with Crippen LogP contribution in [0.4, 0.5) is 0 Å². The first-order valence-electron chi connectivity index (χ1n) is 10.4. The van der Waals surface area contributed by atoms with Crippen LogP contribution < -0.4 is 4.74 Å². The summed E-state index contributed by atoms with van der Waals surface area (Å²) in [6.45, 7) is 2.53. The molecule has 0 saturated carbocycles. The second kappa shape index (κ2) is 10.1. The number of likely N-dealkylation sites (tertiary alicyclic amines) is 1. The van der Waals surface area contributed by atoms with Crippen molar-refractivity contribution in [3.05, 3.63) is 102 Å². The van der Waals surface area contributed by atoms with Crippen molar-refractivity contribution in [3.8, 4) is 5.75 Å². The number of β-amino-alcohol motifs (C(OH)–C–C–N with tert-alkyl or cyclic N) is 1. The smallest absolute Gasteiger partial charge is 0.119 e. The third-order valence-electron chi connectivity index (χ3n) is 6.00. The summed E-state index contributed by atoms with van der Waals surface area (Å²) in [7, 11) is 1.67. The molecule has 0 aromatic heterocycles. The number of nitrogens with zero attached hydrogens (tertiary/aromatic N) is 1. The molecular formula is C26H30ClNO2. The molecule has 1 saturated heterocycles. The standard InChI is InChI=1S/C26H29NO2.ClH/c1-29-24-15-8-14-23(18-24)26(28)16-9-17-27(20-26)19-25(21-10-4-2-5-11-21)22-12-6-3-7-13-22;/h2-8,10-15,18,25,28H,9,16-17,19-20H2,1H3;1H. The number of piperidine rings is 1. The van der Waals surface area contributed by atoms with Crippen LogP contribution in [0.1, 0.15) is 35.4 Å². The predicted octanol–water partition coefficient (Wildman–Crippen LogP) is 5.23. The number of rotatable bonds is 6. The maximum Gasteiger partial charge on any atom is 0.119 e. The lowest BCUT2D eigenvalue weighted by atomic mass is 9.84. The summed E-state index contributed by atoms with van der Waals surface area (Å²) in [5.74, 6) is 1.07. The summed E-state index contributed by atoms with van der Waals surface area (Å²) in [4.78, 5) is 2.41. The number of hydrogen-bond acceptors (Lipinski definition) is 3. The van der Waals surface area contributed by atoms with E-state index in [1.165, 1.54) is 11.1 Å². The SMILES string of the molecule is COc1cccc(C2(O)CCCN(CC(c3ccccc3)c3ccccc3)C2)c1.Cl. The Hall–Kier alpha value is -2.33. The van der Waals surface area contributed by atoms with E-state index in [2.05, 4.69) is 65.6 Å². The Labute approximate surface area is 185 Å². The van der Waals surface area contributed by atoms with Crippen LogP contribution in [0.3, 0.4) is 0 Å². The first kappa shape index (κ1) is 22.4. The second-order valence-electron chi connectivity index (χ2n) is 7.98. The van der Waals surface area contributed by atoms with E-state index in [9.17, 15) is 5.11 Å². The second-order valence-corrected chi connectivity index (χ2v) is 7.98. The molecule has 0 radical (unpaired) electrons. The average molecular weight is 424 g/mol. The molecule has 1 fully saturated rings. The van der Waals surface area contributed by atoms with Gasteiger partial charge in [0.1, 0.15) is 11.4 Å². The number of benzene rings is 3. The van der Waals surface area contributed by atoms with Crippen LogP contribution in [0, 0.1) is 0 Å². The topological polar surface area (TPSA) is 32.7 Å². The minimum atomic E-state index is -0.843. The highest BCUT2D eigenvalue weighted by Gasteiger charge is 2.36. The van der Waals surface area contributed by atoms with Crippen molar-refractivity contribution in [3.63, 3.8) is 0 Å². The third kappa shape index (κ3) is 5.04. The Morgan fingerprint density at radius 1 is 0.933 bits per heavy atom. The first-order chi connectivity index (χ1) is 14.2. The van der Waals surface area contributed by atoms with Crippen molar-refractivity contribution >= 4 is 12.4 Å². The summed E-state index contributed by atoms with van der Waals surface area (Å²) in [5, 5.41) is 11.5. The lowest BCUT2D eigenvalue weighted by molar-refractivity contribution is -0.0364. The summed E-state index contributed by atoms with van der Waals surface area (Å²) in [5.41, 5.74) is 2.73. The fourth-order valence-corrected chi connectivity index (χ4v) is 4.46. The molecule has 0 spiro atoms. The molecule has 0 bridgehead atoms. The van der Waals surface area contributed by atoms with E-state index in [0.29, 0.717) is 6.54 Å². The van der Waals surface area contributed by atoms with Crippen molar-refractivity contribution < 1.29 is 9.84 Å². The first-order valence-corrected chi connectivity index (χ1v) is 10.4. The van der Waals surface area contributed by atoms with Gasteiger partial charge < -0.3 is 9.84 Å². The molecule has 1 aliphatic rings. The fraction of sp³-hybridized carbons (Fsp3) is 0.308. The van der Waals surface area contributed by atoms with Gasteiger partial charge in [0.15, 0.2) is 0 Å². The van der Waals surface area contributed by atoms with Crippen LogP contribution in [-0.2, 0) is 5.60 Å². The van der Waals surface area contributed by atoms with Gasteiger partial charge in [0.05, 0.1) is 7.11 Å². The summed E-state index contributed by atoms with van der Waals surface area (Å²) in [6.07, 6.45) is 1.75. The summed E-state index contributed by atoms with van der Waals surface area (Å²) < 4.78 is 5.37. The highest BCUT2D eigenvalue weighted by Crippen LogP contribution is 2.35. The van der Waals surface area contributed by atoms with Crippen molar-refractivity contribution in [2.24, 2.45) is 0 Å². The van der Waals surface area contributed by atoms with Crippen molar-refractivity contribution in [2.75, 3.05) is 26.7 Å². The van der Waals surface area contributed by atoms with Gasteiger partial charge in [0.25, 0.3) is 0 Å². The fourth-order valence-electron chi connectivity index (χ4n) is 4.46. The van der Waals surface area contributed by atoms with Crippen molar-refractivity contribution in [1.82, 2.24) is 4.90 Å². The van der Waals surface area contributed by atoms with Gasteiger partial charge in [-0.2, -0.15) is 0 Å². The number of hydrogen-bond donors (Lipinski definition) is 1. The molecule has 4 rings (SSSR count). The van der Waals surface area contributed by atoms with Gasteiger partial charge in [-0.15, -0.1) is 12.4 Å². The molecular weight excluding hydrogens is 394 g/mol. The van der Waals surface area contributed by atoms with Gasteiger partial charge in [-0.1, -0.05) is 72.8 Å². The van der Waals surface area contributed by atoms with Crippen LogP contribution in [0.5, 0.6) is 5.75 Å². The average Bonchev–Trinajstić information content (AvgIpc) is 2.79. The summed E-state index contributed by atoms with van der Waals surface area (Å²) in [6, 6.07) is 29.2. The van der Waals surface area contributed by atoms with Gasteiger partial charge in [-0.25, -0.2) is 0 Å². The molecule has 158 valence electrons. The molecule has 1 heterocycles. The molecule has 0 amide bonds. The van der Waals surface area contributed by atoms with Gasteiger partial charge >= 0.3 is 0 Å². The molecule has 0 aliphatic carbocycles. The number of halogens is 1. The summed E-state index contributed by atoms with van der Waals surface area (Å²) >= 11 is 0. The Balaban J connectivity index is 0.00000256. The molecule has 1 unspecified atom stereocenters. The molecule has 4 heteroatoms. The van der Waals surface area contributed by atoms with Crippen LogP contribution in [0.2, 0.25) is 0 Å². The third-order valence-corrected chi connectivity index (χ3v) is 6.00. The van der Waals surface area contributed by atoms with E-state index in [-0.39, 0.29) is 18.3 Å². The maximum absolute atomic E-state index is 11.5. The molecule has 1 aliphatic heterocycles. The Morgan fingerprint density at radius 2 is 1.57 bits per heavy atom. The zero-order chi connectivity index (χ0) is 20.1. The van der Waals surface area contributed by atoms with E-state index >= 15 is 0 Å². The molecule has 1 N–H and O–H groups in total. The van der Waals surface area contributed by atoms with Crippen LogP contribution in [-0.4, -0.2) is 36.8 Å². The van der Waals surface area contributed by atoms with E-state index in [0.717, 1.165) is 37.2 Å². The lowest BCUT2D eigenvalue weighted by Crippen LogP contribution is -2.47. The molecule has 3 nitrogen and oxygen atoms in total. The Morgan fingerprint density at radius 3 is 2.17 bits per heavy atom. The van der Waals surface area contributed by atoms with Crippen LogP contribution in [0.25, 0.3) is 0 Å². The van der Waals surface area contributed by atoms with E-state index < -0.39 is 5.60 Å². The van der Waals surface area contributed by atoms with Gasteiger partial charge in [0, 0.05) is 19.0 Å². The van der Waals surface area contributed by atoms with Crippen molar-refractivity contribution in [1.29, 1.82) is 0 Å². The number of ether oxygens (including phenoxy) is 1. The normalized spacial score (nSPS) is 19.3. The zero-order valence-corrected chi connectivity index (χ0v) is 18.2. The highest BCUT2D eigenvalue weighted by atomic mass is 35.5. The molecule has 3 aromatic rings. The number of methoxy groups -OCH3 is 1. The van der Waals surface area contributed by atoms with Gasteiger partial charge in [-0.3, -0.25) is 4.90 Å². The largest absolute Gasteiger partial charge is 0.497 e. The highest BCUT2D eigenvalue weighted by molar-refractivity contribution is 5.85. The minimum absolute atomic E-state index is 0. The van der Waals surface area contributed by atoms with Gasteiger partial charge in [0.2, 0.25) is 0 Å². The molecule has 30 heavy (non-hydrogen) atoms. The molecule has 1 atom stereocenters. The van der Waals surface area contributed by atoms with Gasteiger partial charge in [-0.05, 0) is 48.2 Å². The quantitative estimate of drug-likeness (QED) is 0.589. The monoisotopic (exact) mass is 423 g/mol. The van der Waals surface area contributed by atoms with E-state index in [1.54, 1.807) is 7.11 Å². The lowest BCUT2D eigenvalue weighted by Gasteiger charge is -2.41. The Bertz CT molecular complexity index is 879. The van der Waals surface area contributed by atoms with Crippen LogP contribution in [0.15, 0.2) is 84.9 Å². The minimum Gasteiger partial charge on any atom is -0.497 e. The van der Waals surface area contributed by atoms with E-state index in [1.807, 2.05) is 24.3 Å². The van der Waals surface area contributed by atoms with Crippen LogP contribution >= 0.6 is 12.4 Å². The Kier molecular flexibility index (Phi) is 7.54. The van der Waals surface area contributed by atoms with Crippen molar-refractivity contribution in [2.45, 2.75) is 24.4 Å². The molecule has 3 aromatic carbocycles. The zero-order valence-electron chi connectivity index (χ0n) is 17.4. The number of aliphatic hydroxyl groups is 1. The maximum atomic E-state index is 11.5. The predicted molar refractivity (Wildman–Crippen MR) is 125 cm³/mol. The van der Waals surface area contributed by atoms with E-state index in [4.69, 9.17) is 4.74 Å².